The minimum absolute atomic E-state index is 0.0225. The van der Waals surface area contributed by atoms with E-state index >= 15 is 0 Å². The van der Waals surface area contributed by atoms with Crippen LogP contribution in [0.15, 0.2) is 30.3 Å². The molecule has 1 aromatic carbocycles. The van der Waals surface area contributed by atoms with Gasteiger partial charge in [0.05, 0.1) is 0 Å². The first-order valence-corrected chi connectivity index (χ1v) is 9.25. The molecule has 128 valence electrons. The van der Waals surface area contributed by atoms with Crippen LogP contribution in [0.25, 0.3) is 0 Å². The van der Waals surface area contributed by atoms with Gasteiger partial charge in [-0.2, -0.15) is 0 Å². The Labute approximate surface area is 140 Å². The summed E-state index contributed by atoms with van der Waals surface area (Å²) < 4.78 is 0. The van der Waals surface area contributed by atoms with Gasteiger partial charge in [-0.05, 0) is 24.8 Å². The average Bonchev–Trinajstić information content (AvgIpc) is 2.62. The highest BCUT2D eigenvalue weighted by molar-refractivity contribution is 5.86. The fourth-order valence-corrected chi connectivity index (χ4v) is 3.65. The minimum Gasteiger partial charge on any atom is -0.375 e. The Kier molecular flexibility index (Phi) is 7.10. The molecule has 1 aliphatic carbocycles. The molecule has 0 spiro atoms. The maximum absolute atomic E-state index is 12.8. The summed E-state index contributed by atoms with van der Waals surface area (Å²) in [6, 6.07) is 9.49. The topological polar surface area (TPSA) is 49.3 Å². The van der Waals surface area contributed by atoms with Crippen molar-refractivity contribution in [2.24, 2.45) is 5.92 Å². The Balaban J connectivity index is 2.08. The maximum Gasteiger partial charge on any atom is 0.256 e. The molecule has 0 saturated heterocycles. The normalized spacial score (nSPS) is 18.3. The number of carbonyl (C=O) groups is 1. The van der Waals surface area contributed by atoms with Crippen LogP contribution < -0.4 is 5.32 Å². The zero-order valence-electron chi connectivity index (χ0n) is 14.4. The Morgan fingerprint density at radius 3 is 2.48 bits per heavy atom. The van der Waals surface area contributed by atoms with Gasteiger partial charge in [-0.3, -0.25) is 4.79 Å². The molecule has 1 fully saturated rings. The van der Waals surface area contributed by atoms with E-state index < -0.39 is 5.60 Å². The molecule has 1 amide bonds. The van der Waals surface area contributed by atoms with E-state index in [1.807, 2.05) is 30.3 Å². The molecule has 0 heterocycles. The van der Waals surface area contributed by atoms with Crippen LogP contribution in [0.1, 0.15) is 70.3 Å². The highest BCUT2D eigenvalue weighted by Crippen LogP contribution is 2.39. The number of hydrogen-bond donors (Lipinski definition) is 2. The highest BCUT2D eigenvalue weighted by Gasteiger charge is 2.45. The van der Waals surface area contributed by atoms with E-state index in [0.717, 1.165) is 44.1 Å². The Hall–Kier alpha value is -1.35. The predicted octanol–water partition coefficient (Wildman–Crippen LogP) is 4.15. The van der Waals surface area contributed by atoms with E-state index in [0.29, 0.717) is 6.54 Å². The number of amides is 1. The summed E-state index contributed by atoms with van der Waals surface area (Å²) in [6.45, 7) is 2.83. The van der Waals surface area contributed by atoms with Crippen molar-refractivity contribution in [1.82, 2.24) is 5.32 Å². The van der Waals surface area contributed by atoms with Crippen LogP contribution in [0.4, 0.5) is 0 Å². The first-order chi connectivity index (χ1) is 11.2. The number of unbranched alkanes of at least 4 members (excludes halogenated alkanes) is 3. The molecule has 1 aliphatic rings. The van der Waals surface area contributed by atoms with Crippen molar-refractivity contribution in [3.63, 3.8) is 0 Å². The Morgan fingerprint density at radius 2 is 1.83 bits per heavy atom. The summed E-state index contributed by atoms with van der Waals surface area (Å²) in [6.07, 6.45) is 9.75. The molecule has 1 unspecified atom stereocenters. The number of aliphatic hydroxyl groups is 1. The lowest BCUT2D eigenvalue weighted by Gasteiger charge is -2.37. The third-order valence-electron chi connectivity index (χ3n) is 5.07. The summed E-state index contributed by atoms with van der Waals surface area (Å²) >= 11 is 0. The second-order valence-corrected chi connectivity index (χ2v) is 6.78. The van der Waals surface area contributed by atoms with Crippen molar-refractivity contribution in [2.75, 3.05) is 6.54 Å². The van der Waals surface area contributed by atoms with Gasteiger partial charge in [0, 0.05) is 12.5 Å². The van der Waals surface area contributed by atoms with Crippen molar-refractivity contribution >= 4 is 5.91 Å². The van der Waals surface area contributed by atoms with E-state index in [4.69, 9.17) is 0 Å². The smallest absolute Gasteiger partial charge is 0.256 e. The molecule has 1 atom stereocenters. The molecule has 3 heteroatoms. The van der Waals surface area contributed by atoms with Crippen LogP contribution in [0.3, 0.4) is 0 Å². The second-order valence-electron chi connectivity index (χ2n) is 6.78. The number of hydrogen-bond acceptors (Lipinski definition) is 2. The number of benzene rings is 1. The molecule has 2 N–H and O–H groups in total. The second kappa shape index (κ2) is 9.07. The largest absolute Gasteiger partial charge is 0.375 e. The molecule has 0 radical (unpaired) electrons. The fraction of sp³-hybridized carbons (Fsp3) is 0.650. The summed E-state index contributed by atoms with van der Waals surface area (Å²) in [7, 11) is 0. The first kappa shape index (κ1) is 18.0. The summed E-state index contributed by atoms with van der Waals surface area (Å²) in [5.74, 6) is -0.193. The zero-order chi connectivity index (χ0) is 16.5. The van der Waals surface area contributed by atoms with E-state index in [9.17, 15) is 9.90 Å². The van der Waals surface area contributed by atoms with Crippen molar-refractivity contribution in [3.8, 4) is 0 Å². The molecular weight excluding hydrogens is 286 g/mol. The molecule has 0 aliphatic heterocycles. The van der Waals surface area contributed by atoms with Gasteiger partial charge in [0.25, 0.3) is 5.91 Å². The van der Waals surface area contributed by atoms with E-state index in [-0.39, 0.29) is 11.8 Å². The monoisotopic (exact) mass is 317 g/mol. The average molecular weight is 317 g/mol. The van der Waals surface area contributed by atoms with Gasteiger partial charge in [0.1, 0.15) is 0 Å². The number of carbonyl (C=O) groups excluding carboxylic acids is 1. The summed E-state index contributed by atoms with van der Waals surface area (Å²) in [4.78, 5) is 12.8. The van der Waals surface area contributed by atoms with Gasteiger partial charge < -0.3 is 10.4 Å². The van der Waals surface area contributed by atoms with Gasteiger partial charge in [0.15, 0.2) is 5.60 Å². The SMILES string of the molecule is CCCCCCNC(=O)C(O)(c1ccccc1)C1CCCCC1. The Morgan fingerprint density at radius 1 is 1.13 bits per heavy atom. The Bertz CT molecular complexity index is 468. The van der Waals surface area contributed by atoms with Crippen LogP contribution >= 0.6 is 0 Å². The molecule has 3 nitrogen and oxygen atoms in total. The van der Waals surface area contributed by atoms with Crippen molar-refractivity contribution in [2.45, 2.75) is 70.3 Å². The van der Waals surface area contributed by atoms with Crippen LogP contribution in [0.2, 0.25) is 0 Å². The molecule has 23 heavy (non-hydrogen) atoms. The quantitative estimate of drug-likeness (QED) is 0.708. The zero-order valence-corrected chi connectivity index (χ0v) is 14.4. The predicted molar refractivity (Wildman–Crippen MR) is 94.1 cm³/mol. The molecule has 2 rings (SSSR count). The summed E-state index contributed by atoms with van der Waals surface area (Å²) in [5.41, 5.74) is -0.648. The van der Waals surface area contributed by atoms with Crippen LogP contribution in [0.5, 0.6) is 0 Å². The lowest BCUT2D eigenvalue weighted by atomic mass is 9.73. The lowest BCUT2D eigenvalue weighted by Crippen LogP contribution is -2.50. The number of nitrogens with one attached hydrogen (secondary N) is 1. The third-order valence-corrected chi connectivity index (χ3v) is 5.07. The van der Waals surface area contributed by atoms with Crippen LogP contribution in [-0.2, 0) is 10.4 Å². The third kappa shape index (κ3) is 4.57. The van der Waals surface area contributed by atoms with E-state index in [1.54, 1.807) is 0 Å². The van der Waals surface area contributed by atoms with Gasteiger partial charge in [-0.15, -0.1) is 0 Å². The highest BCUT2D eigenvalue weighted by atomic mass is 16.3. The minimum atomic E-state index is -1.38. The van der Waals surface area contributed by atoms with Gasteiger partial charge in [-0.1, -0.05) is 75.8 Å². The molecular formula is C20H31NO2. The van der Waals surface area contributed by atoms with Crippen molar-refractivity contribution in [1.29, 1.82) is 0 Å². The molecule has 0 aromatic heterocycles. The molecule has 0 bridgehead atoms. The molecule has 1 aromatic rings. The number of rotatable bonds is 8. The maximum atomic E-state index is 12.8. The van der Waals surface area contributed by atoms with Crippen LogP contribution in [-0.4, -0.2) is 17.6 Å². The molecule has 1 saturated carbocycles. The van der Waals surface area contributed by atoms with Crippen molar-refractivity contribution < 1.29 is 9.90 Å². The fourth-order valence-electron chi connectivity index (χ4n) is 3.65. The van der Waals surface area contributed by atoms with Gasteiger partial charge in [0.2, 0.25) is 0 Å². The van der Waals surface area contributed by atoms with Crippen molar-refractivity contribution in [3.05, 3.63) is 35.9 Å². The van der Waals surface area contributed by atoms with E-state index in [2.05, 4.69) is 12.2 Å². The summed E-state index contributed by atoms with van der Waals surface area (Å²) in [5, 5.41) is 14.4. The van der Waals surface area contributed by atoms with Gasteiger partial charge in [-0.25, -0.2) is 0 Å². The van der Waals surface area contributed by atoms with E-state index in [1.165, 1.54) is 19.3 Å². The standard InChI is InChI=1S/C20H31NO2/c1-2-3-4-11-16-21-19(22)20(23,17-12-7-5-8-13-17)18-14-9-6-10-15-18/h5,7-8,12-13,18,23H,2-4,6,9-11,14-16H2,1H3,(H,21,22). The lowest BCUT2D eigenvalue weighted by molar-refractivity contribution is -0.149. The van der Waals surface area contributed by atoms with Crippen LogP contribution in [0, 0.1) is 5.92 Å². The first-order valence-electron chi connectivity index (χ1n) is 9.25. The van der Waals surface area contributed by atoms with Gasteiger partial charge >= 0.3 is 0 Å².